The molecule has 0 bridgehead atoms. The van der Waals surface area contributed by atoms with Gasteiger partial charge in [0.1, 0.15) is 17.7 Å². The first-order chi connectivity index (χ1) is 9.95. The molecule has 0 spiro atoms. The van der Waals surface area contributed by atoms with E-state index in [-0.39, 0.29) is 23.3 Å². The molecule has 3 rings (SSSR count). The number of benzene rings is 2. The summed E-state index contributed by atoms with van der Waals surface area (Å²) < 4.78 is 58.1. The molecular formula is C15H10F4O2. The highest BCUT2D eigenvalue weighted by atomic mass is 19.2. The molecule has 0 aromatic heterocycles. The Hall–Kier alpha value is -2.08. The quantitative estimate of drug-likeness (QED) is 0.641. The highest BCUT2D eigenvalue weighted by Crippen LogP contribution is 2.41. The third-order valence-corrected chi connectivity index (χ3v) is 3.42. The Morgan fingerprint density at radius 2 is 1.67 bits per heavy atom. The van der Waals surface area contributed by atoms with Gasteiger partial charge >= 0.3 is 0 Å². The first kappa shape index (κ1) is 13.9. The Kier molecular flexibility index (Phi) is 3.33. The van der Waals surface area contributed by atoms with E-state index >= 15 is 0 Å². The van der Waals surface area contributed by atoms with Crippen LogP contribution in [0.25, 0.3) is 0 Å². The van der Waals surface area contributed by atoms with E-state index in [2.05, 4.69) is 0 Å². The minimum absolute atomic E-state index is 0.0129. The van der Waals surface area contributed by atoms with Crippen LogP contribution in [0.4, 0.5) is 17.6 Å². The van der Waals surface area contributed by atoms with Crippen LogP contribution in [0.2, 0.25) is 0 Å². The highest BCUT2D eigenvalue weighted by Gasteiger charge is 2.29. The summed E-state index contributed by atoms with van der Waals surface area (Å²) in [6.07, 6.45) is -1.89. The van der Waals surface area contributed by atoms with E-state index in [0.717, 1.165) is 24.3 Å². The molecule has 2 nitrogen and oxygen atoms in total. The number of aliphatic hydroxyl groups excluding tert-OH is 1. The standard InChI is InChI=1S/C15H10F4O2/c16-8-1-2-13-9(5-8)12(20)6-14(21-13)7-3-10(17)15(19)11(18)4-7/h1-5,12,14,20H,6H2. The monoisotopic (exact) mass is 298 g/mol. The van der Waals surface area contributed by atoms with E-state index in [1.165, 1.54) is 6.07 Å². The van der Waals surface area contributed by atoms with Crippen molar-refractivity contribution in [2.24, 2.45) is 0 Å². The van der Waals surface area contributed by atoms with Crippen LogP contribution >= 0.6 is 0 Å². The minimum atomic E-state index is -1.56. The molecule has 2 aromatic rings. The second kappa shape index (κ2) is 5.04. The van der Waals surface area contributed by atoms with Crippen LogP contribution in [0.3, 0.4) is 0 Å². The number of halogens is 4. The van der Waals surface area contributed by atoms with E-state index in [1.807, 2.05) is 0 Å². The number of hydrogen-bond acceptors (Lipinski definition) is 2. The number of fused-ring (bicyclic) bond motifs is 1. The summed E-state index contributed by atoms with van der Waals surface area (Å²) in [6, 6.07) is 5.27. The van der Waals surface area contributed by atoms with Crippen LogP contribution in [0.1, 0.15) is 29.8 Å². The van der Waals surface area contributed by atoms with Crippen molar-refractivity contribution in [3.05, 3.63) is 64.7 Å². The third kappa shape index (κ3) is 2.47. The van der Waals surface area contributed by atoms with Crippen molar-refractivity contribution in [2.75, 3.05) is 0 Å². The van der Waals surface area contributed by atoms with Crippen LogP contribution in [0, 0.1) is 23.3 Å². The van der Waals surface area contributed by atoms with Crippen molar-refractivity contribution in [3.8, 4) is 5.75 Å². The van der Waals surface area contributed by atoms with Gasteiger partial charge in [-0.25, -0.2) is 17.6 Å². The molecule has 0 radical (unpaired) electrons. The lowest BCUT2D eigenvalue weighted by molar-refractivity contribution is 0.0649. The van der Waals surface area contributed by atoms with Gasteiger partial charge in [-0.2, -0.15) is 0 Å². The molecule has 0 saturated carbocycles. The lowest BCUT2D eigenvalue weighted by atomic mass is 9.95. The average molecular weight is 298 g/mol. The lowest BCUT2D eigenvalue weighted by Crippen LogP contribution is -2.19. The summed E-state index contributed by atoms with van der Waals surface area (Å²) in [5.74, 6) is -4.50. The zero-order valence-electron chi connectivity index (χ0n) is 10.6. The van der Waals surface area contributed by atoms with E-state index in [4.69, 9.17) is 4.74 Å². The molecule has 110 valence electrons. The van der Waals surface area contributed by atoms with Crippen LogP contribution in [-0.4, -0.2) is 5.11 Å². The summed E-state index contributed by atoms with van der Waals surface area (Å²) in [7, 11) is 0. The fourth-order valence-electron chi connectivity index (χ4n) is 2.38. The van der Waals surface area contributed by atoms with Crippen LogP contribution in [0.5, 0.6) is 5.75 Å². The van der Waals surface area contributed by atoms with Gasteiger partial charge in [-0.3, -0.25) is 0 Å². The van der Waals surface area contributed by atoms with Gasteiger partial charge in [-0.15, -0.1) is 0 Å². The second-order valence-corrected chi connectivity index (χ2v) is 4.84. The predicted molar refractivity (Wildman–Crippen MR) is 65.7 cm³/mol. The summed E-state index contributed by atoms with van der Waals surface area (Å²) in [6.45, 7) is 0. The van der Waals surface area contributed by atoms with Crippen LogP contribution in [-0.2, 0) is 0 Å². The summed E-state index contributed by atoms with van der Waals surface area (Å²) in [4.78, 5) is 0. The van der Waals surface area contributed by atoms with E-state index in [1.54, 1.807) is 0 Å². The predicted octanol–water partition coefficient (Wildman–Crippen LogP) is 3.80. The zero-order valence-corrected chi connectivity index (χ0v) is 10.6. The summed E-state index contributed by atoms with van der Waals surface area (Å²) in [5.41, 5.74) is 0.342. The van der Waals surface area contributed by atoms with Gasteiger partial charge < -0.3 is 9.84 Å². The molecular weight excluding hydrogens is 288 g/mol. The largest absolute Gasteiger partial charge is 0.485 e. The Morgan fingerprint density at radius 3 is 2.33 bits per heavy atom. The maximum Gasteiger partial charge on any atom is 0.194 e. The number of hydrogen-bond donors (Lipinski definition) is 1. The van der Waals surface area contributed by atoms with E-state index in [0.29, 0.717) is 0 Å². The van der Waals surface area contributed by atoms with Gasteiger partial charge in [-0.1, -0.05) is 0 Å². The van der Waals surface area contributed by atoms with Gasteiger partial charge in [0, 0.05) is 12.0 Å². The van der Waals surface area contributed by atoms with E-state index in [9.17, 15) is 22.7 Å². The topological polar surface area (TPSA) is 29.5 Å². The second-order valence-electron chi connectivity index (χ2n) is 4.84. The number of aliphatic hydroxyl groups is 1. The molecule has 0 amide bonds. The van der Waals surface area contributed by atoms with Crippen molar-refractivity contribution in [1.82, 2.24) is 0 Å². The first-order valence-corrected chi connectivity index (χ1v) is 6.24. The maximum absolute atomic E-state index is 13.3. The molecule has 2 atom stereocenters. The molecule has 2 aromatic carbocycles. The molecule has 1 aliphatic rings. The molecule has 1 N–H and O–H groups in total. The maximum atomic E-state index is 13.3. The third-order valence-electron chi connectivity index (χ3n) is 3.42. The number of rotatable bonds is 1. The molecule has 2 unspecified atom stereocenters. The van der Waals surface area contributed by atoms with Crippen molar-refractivity contribution in [1.29, 1.82) is 0 Å². The molecule has 1 heterocycles. The fourth-order valence-corrected chi connectivity index (χ4v) is 2.38. The van der Waals surface area contributed by atoms with Crippen molar-refractivity contribution in [3.63, 3.8) is 0 Å². The van der Waals surface area contributed by atoms with Crippen molar-refractivity contribution >= 4 is 0 Å². The van der Waals surface area contributed by atoms with Crippen LogP contribution < -0.4 is 4.74 Å². The Balaban J connectivity index is 1.98. The zero-order chi connectivity index (χ0) is 15.1. The lowest BCUT2D eigenvalue weighted by Gasteiger charge is -2.30. The Morgan fingerprint density at radius 1 is 1.00 bits per heavy atom. The van der Waals surface area contributed by atoms with Crippen molar-refractivity contribution in [2.45, 2.75) is 18.6 Å². The normalized spacial score (nSPS) is 20.8. The van der Waals surface area contributed by atoms with Gasteiger partial charge in [0.15, 0.2) is 17.5 Å². The van der Waals surface area contributed by atoms with Gasteiger partial charge in [0.2, 0.25) is 0 Å². The molecule has 1 aliphatic heterocycles. The van der Waals surface area contributed by atoms with Gasteiger partial charge in [0.25, 0.3) is 0 Å². The first-order valence-electron chi connectivity index (χ1n) is 6.24. The van der Waals surface area contributed by atoms with Crippen molar-refractivity contribution < 1.29 is 27.4 Å². The Labute approximate surface area is 117 Å². The van der Waals surface area contributed by atoms with Gasteiger partial charge in [-0.05, 0) is 35.9 Å². The SMILES string of the molecule is OC1CC(c2cc(F)c(F)c(F)c2)Oc2ccc(F)cc21. The van der Waals surface area contributed by atoms with Gasteiger partial charge in [0.05, 0.1) is 6.10 Å². The minimum Gasteiger partial charge on any atom is -0.485 e. The average Bonchev–Trinajstić information content (AvgIpc) is 2.44. The fraction of sp³-hybridized carbons (Fsp3) is 0.200. The van der Waals surface area contributed by atoms with Crippen LogP contribution in [0.15, 0.2) is 30.3 Å². The molecule has 21 heavy (non-hydrogen) atoms. The highest BCUT2D eigenvalue weighted by molar-refractivity contribution is 5.39. The molecule has 0 fully saturated rings. The molecule has 0 aliphatic carbocycles. The number of ether oxygens (including phenoxy) is 1. The Bertz CT molecular complexity index is 679. The molecule has 6 heteroatoms. The summed E-state index contributed by atoms with van der Waals surface area (Å²) >= 11 is 0. The smallest absolute Gasteiger partial charge is 0.194 e. The summed E-state index contributed by atoms with van der Waals surface area (Å²) in [5, 5.41) is 10.0. The molecule has 0 saturated heterocycles. The van der Waals surface area contributed by atoms with E-state index < -0.39 is 35.5 Å².